The quantitative estimate of drug-likeness (QED) is 0.637. The van der Waals surface area contributed by atoms with E-state index in [1.165, 1.54) is 16.9 Å². The summed E-state index contributed by atoms with van der Waals surface area (Å²) in [6, 6.07) is 13.8. The van der Waals surface area contributed by atoms with Gasteiger partial charge < -0.3 is 5.32 Å². The summed E-state index contributed by atoms with van der Waals surface area (Å²) in [4.78, 5) is 12.5. The summed E-state index contributed by atoms with van der Waals surface area (Å²) >= 11 is 6.18. The number of rotatable bonds is 5. The van der Waals surface area contributed by atoms with E-state index in [0.717, 1.165) is 17.7 Å². The minimum atomic E-state index is -4.42. The first-order valence-electron chi connectivity index (χ1n) is 8.49. The monoisotopic (exact) mass is 407 g/mol. The molecule has 0 bridgehead atoms. The molecule has 3 rings (SSSR count). The molecular formula is C20H17ClF3N3O. The average Bonchev–Trinajstić information content (AvgIpc) is 2.68. The lowest BCUT2D eigenvalue weighted by atomic mass is 10.0. The Morgan fingerprint density at radius 1 is 1.14 bits per heavy atom. The van der Waals surface area contributed by atoms with Gasteiger partial charge in [-0.1, -0.05) is 54.1 Å². The number of hydrogen-bond acceptors (Lipinski definition) is 3. The van der Waals surface area contributed by atoms with Gasteiger partial charge in [-0.2, -0.15) is 18.3 Å². The molecule has 1 unspecified atom stereocenters. The molecule has 146 valence electrons. The van der Waals surface area contributed by atoms with Gasteiger partial charge in [-0.25, -0.2) is 4.68 Å². The van der Waals surface area contributed by atoms with Crippen LogP contribution < -0.4 is 10.9 Å². The number of hydrogen-bond donors (Lipinski definition) is 1. The Hall–Kier alpha value is -2.80. The molecule has 3 aromatic rings. The fraction of sp³-hybridized carbons (Fsp3) is 0.200. The first-order chi connectivity index (χ1) is 13.3. The minimum Gasteiger partial charge on any atom is -0.376 e. The number of benzene rings is 2. The second-order valence-corrected chi connectivity index (χ2v) is 6.69. The zero-order valence-electron chi connectivity index (χ0n) is 14.9. The highest BCUT2D eigenvalue weighted by Gasteiger charge is 2.30. The zero-order valence-corrected chi connectivity index (χ0v) is 15.6. The van der Waals surface area contributed by atoms with Gasteiger partial charge in [-0.05, 0) is 30.2 Å². The van der Waals surface area contributed by atoms with Crippen molar-refractivity contribution >= 4 is 17.3 Å². The van der Waals surface area contributed by atoms with Crippen LogP contribution in [0.25, 0.3) is 0 Å². The molecule has 28 heavy (non-hydrogen) atoms. The fourth-order valence-electron chi connectivity index (χ4n) is 2.74. The third-order valence-corrected chi connectivity index (χ3v) is 4.61. The third-order valence-electron chi connectivity index (χ3n) is 4.25. The topological polar surface area (TPSA) is 46.9 Å². The van der Waals surface area contributed by atoms with Gasteiger partial charge in [0.2, 0.25) is 0 Å². The summed E-state index contributed by atoms with van der Waals surface area (Å²) in [5, 5.41) is 7.01. The highest BCUT2D eigenvalue weighted by atomic mass is 35.5. The van der Waals surface area contributed by atoms with Gasteiger partial charge in [0.1, 0.15) is 5.02 Å². The Morgan fingerprint density at radius 2 is 1.86 bits per heavy atom. The molecule has 0 aliphatic rings. The number of nitrogens with one attached hydrogen (secondary N) is 1. The first kappa shape index (κ1) is 19.9. The van der Waals surface area contributed by atoms with Gasteiger partial charge >= 0.3 is 6.18 Å². The van der Waals surface area contributed by atoms with Crippen LogP contribution >= 0.6 is 11.6 Å². The van der Waals surface area contributed by atoms with Gasteiger partial charge in [-0.3, -0.25) is 4.79 Å². The molecule has 1 atom stereocenters. The Labute approximate surface area is 164 Å². The van der Waals surface area contributed by atoms with Crippen molar-refractivity contribution in [3.05, 3.63) is 92.9 Å². The standard InChI is InChI=1S/C20H17ClF3N3O/c1-13(15-8-5-9-16(10-15)20(22,23)24)26-17-11-25-27(19(28)18(17)21)12-14-6-3-2-4-7-14/h2-11,13,26H,12H2,1H3. The number of anilines is 1. The lowest BCUT2D eigenvalue weighted by molar-refractivity contribution is -0.137. The molecule has 2 aromatic carbocycles. The van der Waals surface area contributed by atoms with Gasteiger partial charge in [0, 0.05) is 6.04 Å². The number of nitrogens with zero attached hydrogens (tertiary/aromatic N) is 2. The summed E-state index contributed by atoms with van der Waals surface area (Å²) < 4.78 is 39.9. The summed E-state index contributed by atoms with van der Waals surface area (Å²) in [5.41, 5.74) is 0.361. The van der Waals surface area contributed by atoms with Crippen LogP contribution in [0.3, 0.4) is 0 Å². The van der Waals surface area contributed by atoms with Crippen molar-refractivity contribution in [3.63, 3.8) is 0 Å². The number of aromatic nitrogens is 2. The molecule has 1 N–H and O–H groups in total. The van der Waals surface area contributed by atoms with Crippen LogP contribution in [0.1, 0.15) is 29.7 Å². The first-order valence-corrected chi connectivity index (χ1v) is 8.87. The molecule has 0 radical (unpaired) electrons. The predicted molar refractivity (Wildman–Crippen MR) is 103 cm³/mol. The average molecular weight is 408 g/mol. The fourth-order valence-corrected chi connectivity index (χ4v) is 2.94. The van der Waals surface area contributed by atoms with Gasteiger partial charge in [-0.15, -0.1) is 0 Å². The van der Waals surface area contributed by atoms with E-state index in [9.17, 15) is 18.0 Å². The molecule has 0 spiro atoms. The van der Waals surface area contributed by atoms with E-state index < -0.39 is 23.3 Å². The summed E-state index contributed by atoms with van der Waals surface area (Å²) in [7, 11) is 0. The summed E-state index contributed by atoms with van der Waals surface area (Å²) in [6.45, 7) is 1.95. The van der Waals surface area contributed by atoms with E-state index in [1.807, 2.05) is 30.3 Å². The SMILES string of the molecule is CC(Nc1cnn(Cc2ccccc2)c(=O)c1Cl)c1cccc(C(F)(F)F)c1. The van der Waals surface area contributed by atoms with Crippen molar-refractivity contribution in [2.45, 2.75) is 25.7 Å². The lowest BCUT2D eigenvalue weighted by Gasteiger charge is -2.18. The largest absolute Gasteiger partial charge is 0.416 e. The molecular weight excluding hydrogens is 391 g/mol. The second kappa shape index (κ2) is 8.06. The molecule has 8 heteroatoms. The van der Waals surface area contributed by atoms with Gasteiger partial charge in [0.25, 0.3) is 5.56 Å². The highest BCUT2D eigenvalue weighted by Crippen LogP contribution is 2.31. The Kier molecular flexibility index (Phi) is 5.74. The smallest absolute Gasteiger partial charge is 0.376 e. The maximum atomic E-state index is 12.9. The van der Waals surface area contributed by atoms with Crippen LogP contribution in [0.2, 0.25) is 5.02 Å². The van der Waals surface area contributed by atoms with E-state index in [4.69, 9.17) is 11.6 Å². The zero-order chi connectivity index (χ0) is 20.3. The lowest BCUT2D eigenvalue weighted by Crippen LogP contribution is -2.25. The molecule has 0 amide bonds. The third kappa shape index (κ3) is 4.54. The van der Waals surface area contributed by atoms with Crippen molar-refractivity contribution in [2.24, 2.45) is 0 Å². The number of alkyl halides is 3. The number of halogens is 4. The van der Waals surface area contributed by atoms with Crippen molar-refractivity contribution in [1.29, 1.82) is 0 Å². The Balaban J connectivity index is 1.81. The van der Waals surface area contributed by atoms with Crippen molar-refractivity contribution < 1.29 is 13.2 Å². The van der Waals surface area contributed by atoms with Gasteiger partial charge in [0.15, 0.2) is 0 Å². The minimum absolute atomic E-state index is 0.0650. The van der Waals surface area contributed by atoms with Crippen LogP contribution in [0.15, 0.2) is 65.6 Å². The summed E-state index contributed by atoms with van der Waals surface area (Å²) in [5.74, 6) is 0. The van der Waals surface area contributed by atoms with E-state index in [-0.39, 0.29) is 17.3 Å². The predicted octanol–water partition coefficient (Wildman–Crippen LogP) is 5.14. The molecule has 0 saturated heterocycles. The van der Waals surface area contributed by atoms with Crippen LogP contribution in [0, 0.1) is 0 Å². The van der Waals surface area contributed by atoms with E-state index in [0.29, 0.717) is 5.56 Å². The molecule has 0 fully saturated rings. The highest BCUT2D eigenvalue weighted by molar-refractivity contribution is 6.32. The molecule has 0 aliphatic carbocycles. The van der Waals surface area contributed by atoms with E-state index in [2.05, 4.69) is 10.4 Å². The Bertz CT molecular complexity index is 1020. The molecule has 1 heterocycles. The van der Waals surface area contributed by atoms with Crippen molar-refractivity contribution in [1.82, 2.24) is 9.78 Å². The normalized spacial score (nSPS) is 12.6. The Morgan fingerprint density at radius 3 is 2.54 bits per heavy atom. The van der Waals surface area contributed by atoms with E-state index >= 15 is 0 Å². The molecule has 1 aromatic heterocycles. The van der Waals surface area contributed by atoms with E-state index in [1.54, 1.807) is 13.0 Å². The van der Waals surface area contributed by atoms with Crippen LogP contribution in [-0.2, 0) is 12.7 Å². The van der Waals surface area contributed by atoms with Crippen molar-refractivity contribution in [3.8, 4) is 0 Å². The maximum Gasteiger partial charge on any atom is 0.416 e. The van der Waals surface area contributed by atoms with Crippen molar-refractivity contribution in [2.75, 3.05) is 5.32 Å². The van der Waals surface area contributed by atoms with Gasteiger partial charge in [0.05, 0.1) is 24.0 Å². The molecule has 4 nitrogen and oxygen atoms in total. The van der Waals surface area contributed by atoms with Crippen LogP contribution in [0.5, 0.6) is 0 Å². The van der Waals surface area contributed by atoms with Crippen LogP contribution in [0.4, 0.5) is 18.9 Å². The molecule has 0 aliphatic heterocycles. The maximum absolute atomic E-state index is 12.9. The second-order valence-electron chi connectivity index (χ2n) is 6.31. The van der Waals surface area contributed by atoms with Crippen LogP contribution in [-0.4, -0.2) is 9.78 Å². The summed E-state index contributed by atoms with van der Waals surface area (Å²) in [6.07, 6.45) is -3.02. The molecule has 0 saturated carbocycles.